The molecule has 5 aliphatic heterocycles. The highest BCUT2D eigenvalue weighted by molar-refractivity contribution is 6.00. The second-order valence-electron chi connectivity index (χ2n) is 12.0. The number of carbonyl (C=O) groups excluding carboxylic acids is 2. The summed E-state index contributed by atoms with van der Waals surface area (Å²) >= 11 is 0. The molecule has 2 unspecified atom stereocenters. The van der Waals surface area contributed by atoms with Gasteiger partial charge in [-0.2, -0.15) is 0 Å². The highest BCUT2D eigenvalue weighted by atomic mass is 16.5. The van der Waals surface area contributed by atoms with E-state index in [0.29, 0.717) is 49.0 Å². The zero-order valence-corrected chi connectivity index (χ0v) is 22.6. The average molecular weight is 529 g/mol. The Morgan fingerprint density at radius 2 is 1.95 bits per heavy atom. The van der Waals surface area contributed by atoms with Crippen LogP contribution in [0.15, 0.2) is 41.4 Å². The maximum absolute atomic E-state index is 13.7. The van der Waals surface area contributed by atoms with Crippen LogP contribution in [0.5, 0.6) is 11.5 Å². The fourth-order valence-corrected chi connectivity index (χ4v) is 7.18. The van der Waals surface area contributed by atoms with Crippen molar-refractivity contribution in [3.8, 4) is 11.5 Å². The number of benzene rings is 2. The lowest BCUT2D eigenvalue weighted by atomic mass is 9.84. The fourth-order valence-electron chi connectivity index (χ4n) is 7.18. The second-order valence-corrected chi connectivity index (χ2v) is 12.0. The summed E-state index contributed by atoms with van der Waals surface area (Å²) in [4.78, 5) is 34.0. The van der Waals surface area contributed by atoms with Gasteiger partial charge in [0.15, 0.2) is 5.96 Å². The van der Waals surface area contributed by atoms with Crippen LogP contribution in [0.1, 0.15) is 104 Å². The van der Waals surface area contributed by atoms with Crippen molar-refractivity contribution >= 4 is 17.8 Å². The first kappa shape index (κ1) is 24.5. The fraction of sp³-hybridized carbons (Fsp3) is 0.516. The third-order valence-electron chi connectivity index (χ3n) is 9.54. The molecule has 6 atom stereocenters. The Hall–Kier alpha value is -3.55. The highest BCUT2D eigenvalue weighted by Crippen LogP contribution is 2.53. The van der Waals surface area contributed by atoms with Crippen LogP contribution in [0, 0.1) is 5.92 Å². The minimum atomic E-state index is -0.461. The summed E-state index contributed by atoms with van der Waals surface area (Å²) in [5.74, 6) is 2.70. The largest absolute Gasteiger partial charge is 0.493 e. The van der Waals surface area contributed by atoms with E-state index in [4.69, 9.17) is 20.2 Å². The van der Waals surface area contributed by atoms with Gasteiger partial charge in [-0.3, -0.25) is 14.5 Å². The number of rotatable bonds is 1. The Kier molecular flexibility index (Phi) is 5.65. The summed E-state index contributed by atoms with van der Waals surface area (Å²) in [6.07, 6.45) is 5.42. The predicted molar refractivity (Wildman–Crippen MR) is 147 cm³/mol. The molecule has 0 saturated heterocycles. The van der Waals surface area contributed by atoms with E-state index in [2.05, 4.69) is 30.4 Å². The summed E-state index contributed by atoms with van der Waals surface area (Å²) in [6, 6.07) is 11.5. The van der Waals surface area contributed by atoms with Gasteiger partial charge in [-0.05, 0) is 80.3 Å². The van der Waals surface area contributed by atoms with Gasteiger partial charge in [0.05, 0.1) is 36.8 Å². The molecule has 204 valence electrons. The van der Waals surface area contributed by atoms with Gasteiger partial charge in [0, 0.05) is 29.5 Å². The molecule has 6 bridgehead atoms. The third kappa shape index (κ3) is 4.15. The Balaban J connectivity index is 1.33. The first-order valence-electron chi connectivity index (χ1n) is 14.4. The molecular weight excluding hydrogens is 492 g/mol. The van der Waals surface area contributed by atoms with Crippen LogP contribution in [0.25, 0.3) is 0 Å². The zero-order valence-electron chi connectivity index (χ0n) is 22.6. The maximum atomic E-state index is 13.7. The van der Waals surface area contributed by atoms with Gasteiger partial charge in [0.2, 0.25) is 5.91 Å². The highest BCUT2D eigenvalue weighted by Gasteiger charge is 2.45. The van der Waals surface area contributed by atoms with Crippen molar-refractivity contribution in [2.45, 2.75) is 88.4 Å². The number of nitrogens with zero attached hydrogens (tertiary/aromatic N) is 2. The molecule has 5 heterocycles. The Morgan fingerprint density at radius 3 is 2.77 bits per heavy atom. The quantitative estimate of drug-likeness (QED) is 0.556. The molecule has 1 saturated carbocycles. The van der Waals surface area contributed by atoms with Crippen LogP contribution < -0.4 is 20.5 Å². The normalized spacial score (nSPS) is 33.0. The smallest absolute Gasteiger partial charge is 0.251 e. The molecule has 0 radical (unpaired) electrons. The second kappa shape index (κ2) is 9.00. The van der Waals surface area contributed by atoms with E-state index >= 15 is 0 Å². The van der Waals surface area contributed by atoms with Crippen LogP contribution in [0.2, 0.25) is 0 Å². The van der Waals surface area contributed by atoms with Crippen LogP contribution in [0.3, 0.4) is 0 Å². The van der Waals surface area contributed by atoms with E-state index in [0.717, 1.165) is 42.6 Å². The molecule has 2 aromatic rings. The maximum Gasteiger partial charge on any atom is 0.251 e. The van der Waals surface area contributed by atoms with Gasteiger partial charge in [-0.15, -0.1) is 0 Å². The minimum absolute atomic E-state index is 0.00180. The molecule has 8 heteroatoms. The number of nitrogens with one attached hydrogen (secondary N) is 1. The molecule has 8 rings (SSSR count). The predicted octanol–water partition coefficient (Wildman–Crippen LogP) is 4.75. The molecule has 39 heavy (non-hydrogen) atoms. The Bertz CT molecular complexity index is 1390. The molecule has 3 N–H and O–H groups in total. The summed E-state index contributed by atoms with van der Waals surface area (Å²) in [6.45, 7) is 4.62. The van der Waals surface area contributed by atoms with Crippen molar-refractivity contribution in [2.24, 2.45) is 16.6 Å². The molecule has 0 aromatic heterocycles. The molecule has 2 amide bonds. The van der Waals surface area contributed by atoms with Crippen LogP contribution in [-0.4, -0.2) is 40.9 Å². The average Bonchev–Trinajstić information content (AvgIpc) is 3.70. The van der Waals surface area contributed by atoms with E-state index in [1.54, 1.807) is 11.0 Å². The molecule has 1 aliphatic carbocycles. The topological polar surface area (TPSA) is 106 Å². The van der Waals surface area contributed by atoms with Crippen LogP contribution >= 0.6 is 0 Å². The number of ether oxygens (including phenoxy) is 2. The summed E-state index contributed by atoms with van der Waals surface area (Å²) in [7, 11) is 0. The van der Waals surface area contributed by atoms with E-state index in [-0.39, 0.29) is 36.0 Å². The number of hydrogen-bond donors (Lipinski definition) is 2. The Morgan fingerprint density at radius 1 is 1.10 bits per heavy atom. The number of nitrogens with two attached hydrogens (primary N) is 1. The van der Waals surface area contributed by atoms with Crippen molar-refractivity contribution < 1.29 is 19.1 Å². The van der Waals surface area contributed by atoms with E-state index in [9.17, 15) is 9.59 Å². The molecule has 2 aromatic carbocycles. The Labute approximate surface area is 228 Å². The minimum Gasteiger partial charge on any atom is -0.493 e. The van der Waals surface area contributed by atoms with Gasteiger partial charge in [-0.1, -0.05) is 13.0 Å². The van der Waals surface area contributed by atoms with Gasteiger partial charge in [-0.25, -0.2) is 4.99 Å². The SMILES string of the molecule is CC[C@@]12CCC3CC3c3ccc4c(c3)[C@H](C[C@H](C)O4)NC(=O)c3ccc4c(c3)[C@@H](CCO4)N(C(=O)C1)C(N)=N2. The number of fused-ring (bicyclic) bond motifs is 3. The number of guanidine groups is 1. The number of amides is 2. The molecule has 0 spiro atoms. The standard InChI is InChI=1S/C31H36N4O4/c1-3-31-10-8-19-13-21(19)18-4-7-27-22(14-18)24(12-17(2)39-27)33-29(37)20-5-6-26-23(15-20)25(9-11-38-26)35(28(36)16-31)30(32)34-31/h4-7,14-15,17,19,21,24-25H,3,8-13,16H2,1-2H3,(H2,32,34)(H,33,37)/t17-,19?,21?,24-,25+,31+/m0/s1. The summed E-state index contributed by atoms with van der Waals surface area (Å²) < 4.78 is 12.1. The zero-order chi connectivity index (χ0) is 26.9. The summed E-state index contributed by atoms with van der Waals surface area (Å²) in [5.41, 5.74) is 9.80. The van der Waals surface area contributed by atoms with Crippen molar-refractivity contribution in [1.29, 1.82) is 0 Å². The monoisotopic (exact) mass is 528 g/mol. The first-order chi connectivity index (χ1) is 18.8. The molecule has 6 aliphatic rings. The summed E-state index contributed by atoms with van der Waals surface area (Å²) in [5, 5.41) is 3.28. The molecular formula is C31H36N4O4. The van der Waals surface area contributed by atoms with Gasteiger partial charge in [0.1, 0.15) is 11.5 Å². The van der Waals surface area contributed by atoms with Crippen molar-refractivity contribution in [2.75, 3.05) is 6.61 Å². The number of carbonyl (C=O) groups is 2. The van der Waals surface area contributed by atoms with Gasteiger partial charge in [0.25, 0.3) is 5.91 Å². The van der Waals surface area contributed by atoms with E-state index < -0.39 is 5.54 Å². The van der Waals surface area contributed by atoms with E-state index in [1.807, 2.05) is 19.1 Å². The van der Waals surface area contributed by atoms with Crippen molar-refractivity contribution in [1.82, 2.24) is 10.2 Å². The lowest BCUT2D eigenvalue weighted by Gasteiger charge is -2.42. The van der Waals surface area contributed by atoms with Crippen molar-refractivity contribution in [3.63, 3.8) is 0 Å². The van der Waals surface area contributed by atoms with E-state index in [1.165, 1.54) is 5.56 Å². The molecule has 8 nitrogen and oxygen atoms in total. The number of hydrogen-bond acceptors (Lipinski definition) is 6. The first-order valence-corrected chi connectivity index (χ1v) is 14.4. The van der Waals surface area contributed by atoms with Crippen LogP contribution in [-0.2, 0) is 4.79 Å². The third-order valence-corrected chi connectivity index (χ3v) is 9.54. The lowest BCUT2D eigenvalue weighted by Crippen LogP contribution is -2.53. The lowest BCUT2D eigenvalue weighted by molar-refractivity contribution is -0.132. The molecule has 1 fully saturated rings. The number of aliphatic imine (C=N–C) groups is 1. The van der Waals surface area contributed by atoms with Crippen LogP contribution in [0.4, 0.5) is 0 Å². The van der Waals surface area contributed by atoms with Gasteiger partial charge >= 0.3 is 0 Å². The van der Waals surface area contributed by atoms with Crippen molar-refractivity contribution in [3.05, 3.63) is 58.7 Å². The van der Waals surface area contributed by atoms with Gasteiger partial charge < -0.3 is 20.5 Å².